The highest BCUT2D eigenvalue weighted by Crippen LogP contribution is 2.53. The van der Waals surface area contributed by atoms with Crippen LogP contribution in [0, 0.1) is 0 Å². The van der Waals surface area contributed by atoms with Crippen LogP contribution in [0.2, 0.25) is 0 Å². The smallest absolute Gasteiger partial charge is 0.0727 e. The predicted molar refractivity (Wildman–Crippen MR) is 206 cm³/mol. The molecule has 3 heteroatoms. The van der Waals surface area contributed by atoms with E-state index in [1.807, 2.05) is 11.3 Å². The second-order valence-electron chi connectivity index (χ2n) is 13.7. The Morgan fingerprint density at radius 1 is 0.458 bits per heavy atom. The molecular formula is C45H30N2S. The zero-order valence-corrected chi connectivity index (χ0v) is 27.5. The van der Waals surface area contributed by atoms with Gasteiger partial charge in [0.25, 0.3) is 0 Å². The molecule has 7 aromatic carbocycles. The Morgan fingerprint density at radius 3 is 1.81 bits per heavy atom. The topological polar surface area (TPSA) is 9.86 Å². The summed E-state index contributed by atoms with van der Waals surface area (Å²) in [4.78, 5) is 0. The van der Waals surface area contributed by atoms with Crippen molar-refractivity contribution in [1.82, 2.24) is 9.13 Å². The number of thiophene rings is 1. The standard InChI is InChI=1S/C45H30N2S/c1-45(2)34-20-10-6-16-29(34)30-25-24-28(26-35(30)45)47-37-22-12-8-18-32(37)40-39-31-17-7-11-21-36(31)46(27-14-4-3-5-15-27)42(39)41-33-19-9-13-23-38(33)48-44(41)43(40)47/h3-26H,1-2H3. The number of aromatic nitrogens is 2. The molecule has 11 rings (SSSR count). The number of para-hydroxylation sites is 3. The van der Waals surface area contributed by atoms with Crippen LogP contribution in [-0.4, -0.2) is 9.13 Å². The fourth-order valence-corrected chi connectivity index (χ4v) is 10.1. The molecule has 0 saturated carbocycles. The van der Waals surface area contributed by atoms with E-state index in [-0.39, 0.29) is 5.41 Å². The molecule has 0 saturated heterocycles. The van der Waals surface area contributed by atoms with Gasteiger partial charge in [0.2, 0.25) is 0 Å². The Morgan fingerprint density at radius 2 is 1.04 bits per heavy atom. The van der Waals surface area contributed by atoms with E-state index >= 15 is 0 Å². The maximum Gasteiger partial charge on any atom is 0.0727 e. The van der Waals surface area contributed by atoms with E-state index in [0.717, 1.165) is 0 Å². The molecule has 0 atom stereocenters. The lowest BCUT2D eigenvalue weighted by Crippen LogP contribution is -2.15. The fourth-order valence-electron chi connectivity index (χ4n) is 8.83. The van der Waals surface area contributed by atoms with Gasteiger partial charge in [-0.05, 0) is 64.7 Å². The molecule has 1 aliphatic rings. The third-order valence-electron chi connectivity index (χ3n) is 10.9. The molecule has 3 aromatic heterocycles. The Hall–Kier alpha value is -5.64. The van der Waals surface area contributed by atoms with Crippen LogP contribution in [0.4, 0.5) is 0 Å². The van der Waals surface area contributed by atoms with Gasteiger partial charge in [-0.25, -0.2) is 0 Å². The minimum absolute atomic E-state index is 0.0794. The zero-order chi connectivity index (χ0) is 31.7. The Kier molecular flexibility index (Phi) is 5.09. The molecule has 0 N–H and O–H groups in total. The van der Waals surface area contributed by atoms with Crippen molar-refractivity contribution >= 4 is 75.1 Å². The summed E-state index contributed by atoms with van der Waals surface area (Å²) in [5.41, 5.74) is 12.9. The van der Waals surface area contributed by atoms with Crippen molar-refractivity contribution in [3.63, 3.8) is 0 Å². The van der Waals surface area contributed by atoms with Crippen molar-refractivity contribution in [3.05, 3.63) is 157 Å². The van der Waals surface area contributed by atoms with Crippen molar-refractivity contribution in [1.29, 1.82) is 0 Å². The summed E-state index contributed by atoms with van der Waals surface area (Å²) in [6.45, 7) is 4.75. The van der Waals surface area contributed by atoms with Gasteiger partial charge in [0, 0.05) is 53.8 Å². The maximum absolute atomic E-state index is 2.57. The molecular weight excluding hydrogens is 601 g/mol. The lowest BCUT2D eigenvalue weighted by Gasteiger charge is -2.22. The summed E-state index contributed by atoms with van der Waals surface area (Å²) < 4.78 is 7.72. The monoisotopic (exact) mass is 630 g/mol. The van der Waals surface area contributed by atoms with Crippen LogP contribution in [0.15, 0.2) is 146 Å². The molecule has 0 radical (unpaired) electrons. The number of fused-ring (bicyclic) bond motifs is 15. The molecule has 10 aromatic rings. The molecule has 0 bridgehead atoms. The molecule has 226 valence electrons. The highest BCUT2D eigenvalue weighted by atomic mass is 32.1. The van der Waals surface area contributed by atoms with Gasteiger partial charge < -0.3 is 9.13 Å². The molecule has 0 fully saturated rings. The van der Waals surface area contributed by atoms with Crippen LogP contribution in [0.1, 0.15) is 25.0 Å². The van der Waals surface area contributed by atoms with Crippen molar-refractivity contribution in [2.24, 2.45) is 0 Å². The number of hydrogen-bond acceptors (Lipinski definition) is 1. The Labute approximate surface area is 281 Å². The van der Waals surface area contributed by atoms with Crippen LogP contribution < -0.4 is 0 Å². The number of rotatable bonds is 2. The molecule has 0 spiro atoms. The van der Waals surface area contributed by atoms with Crippen molar-refractivity contribution in [2.75, 3.05) is 0 Å². The lowest BCUT2D eigenvalue weighted by atomic mass is 9.82. The van der Waals surface area contributed by atoms with E-state index in [4.69, 9.17) is 0 Å². The van der Waals surface area contributed by atoms with E-state index in [1.54, 1.807) is 0 Å². The van der Waals surface area contributed by atoms with Crippen molar-refractivity contribution < 1.29 is 0 Å². The minimum atomic E-state index is -0.0794. The van der Waals surface area contributed by atoms with Gasteiger partial charge in [-0.2, -0.15) is 0 Å². The van der Waals surface area contributed by atoms with Crippen LogP contribution in [0.5, 0.6) is 0 Å². The first-order valence-electron chi connectivity index (χ1n) is 16.7. The molecule has 0 amide bonds. The highest BCUT2D eigenvalue weighted by Gasteiger charge is 2.36. The van der Waals surface area contributed by atoms with Crippen LogP contribution in [0.3, 0.4) is 0 Å². The van der Waals surface area contributed by atoms with Gasteiger partial charge >= 0.3 is 0 Å². The van der Waals surface area contributed by atoms with Crippen LogP contribution in [0.25, 0.3) is 86.3 Å². The molecule has 2 nitrogen and oxygen atoms in total. The van der Waals surface area contributed by atoms with Crippen LogP contribution in [-0.2, 0) is 5.41 Å². The third kappa shape index (κ3) is 3.22. The average Bonchev–Trinajstić information content (AvgIpc) is 3.84. The first kappa shape index (κ1) is 26.4. The van der Waals surface area contributed by atoms with Gasteiger partial charge in [-0.15, -0.1) is 11.3 Å². The molecule has 48 heavy (non-hydrogen) atoms. The maximum atomic E-state index is 2.57. The number of nitrogens with zero attached hydrogens (tertiary/aromatic N) is 2. The zero-order valence-electron chi connectivity index (χ0n) is 26.7. The minimum Gasteiger partial charge on any atom is -0.309 e. The van der Waals surface area contributed by atoms with Gasteiger partial charge in [-0.1, -0.05) is 117 Å². The van der Waals surface area contributed by atoms with E-state index in [0.29, 0.717) is 0 Å². The number of benzene rings is 7. The van der Waals surface area contributed by atoms with Crippen molar-refractivity contribution in [2.45, 2.75) is 19.3 Å². The van der Waals surface area contributed by atoms with E-state index in [1.165, 1.54) is 97.4 Å². The Bertz CT molecular complexity index is 2970. The second-order valence-corrected chi connectivity index (χ2v) is 14.7. The van der Waals surface area contributed by atoms with Gasteiger partial charge in [0.1, 0.15) is 0 Å². The molecule has 0 aliphatic heterocycles. The van der Waals surface area contributed by atoms with Crippen molar-refractivity contribution in [3.8, 4) is 22.5 Å². The largest absolute Gasteiger partial charge is 0.309 e. The summed E-state index contributed by atoms with van der Waals surface area (Å²) in [5, 5.41) is 7.86. The van der Waals surface area contributed by atoms with Gasteiger partial charge in [-0.3, -0.25) is 0 Å². The highest BCUT2D eigenvalue weighted by molar-refractivity contribution is 7.27. The summed E-state index contributed by atoms with van der Waals surface area (Å²) in [6.07, 6.45) is 0. The second kappa shape index (κ2) is 9.25. The summed E-state index contributed by atoms with van der Waals surface area (Å²) in [5.74, 6) is 0. The summed E-state index contributed by atoms with van der Waals surface area (Å²) in [6, 6.07) is 54.0. The number of hydrogen-bond donors (Lipinski definition) is 0. The Balaban J connectivity index is 1.39. The first-order chi connectivity index (χ1) is 23.6. The molecule has 3 heterocycles. The quantitative estimate of drug-likeness (QED) is 0.180. The van der Waals surface area contributed by atoms with Gasteiger partial charge in [0.15, 0.2) is 0 Å². The average molecular weight is 631 g/mol. The third-order valence-corrected chi connectivity index (χ3v) is 12.1. The lowest BCUT2D eigenvalue weighted by molar-refractivity contribution is 0.660. The van der Waals surface area contributed by atoms with E-state index in [2.05, 4.69) is 169 Å². The predicted octanol–water partition coefficient (Wildman–Crippen LogP) is 12.6. The molecule has 0 unspecified atom stereocenters. The van der Waals surface area contributed by atoms with E-state index < -0.39 is 0 Å². The van der Waals surface area contributed by atoms with Crippen LogP contribution >= 0.6 is 11.3 Å². The molecule has 1 aliphatic carbocycles. The summed E-state index contributed by atoms with van der Waals surface area (Å²) in [7, 11) is 0. The summed E-state index contributed by atoms with van der Waals surface area (Å²) >= 11 is 1.92. The fraction of sp³-hybridized carbons (Fsp3) is 0.0667. The van der Waals surface area contributed by atoms with Gasteiger partial charge in [0.05, 0.1) is 26.8 Å². The van der Waals surface area contributed by atoms with E-state index in [9.17, 15) is 0 Å². The normalized spacial score (nSPS) is 13.8. The SMILES string of the molecule is CC1(C)c2ccccc2-c2ccc(-n3c4ccccc4c4c5c6ccccc6n(-c6ccccc6)c5c5c6ccccc6sc5c43)cc21. The first-order valence-corrected chi connectivity index (χ1v) is 17.5.